The predicted molar refractivity (Wildman–Crippen MR) is 134 cm³/mol. The molecule has 3 aromatic carbocycles. The number of halogens is 1. The van der Waals surface area contributed by atoms with Crippen molar-refractivity contribution in [2.75, 3.05) is 36.5 Å². The number of likely N-dealkylation sites (tertiary alicyclic amines) is 1. The van der Waals surface area contributed by atoms with Crippen LogP contribution in [0.3, 0.4) is 0 Å². The Morgan fingerprint density at radius 3 is 2.32 bits per heavy atom. The number of likely N-dealkylation sites (N-methyl/N-ethyl adjacent to an activating group) is 1. The molecule has 0 aliphatic carbocycles. The van der Waals surface area contributed by atoms with Gasteiger partial charge in [0.25, 0.3) is 0 Å². The molecule has 34 heavy (non-hydrogen) atoms. The molecule has 4 N–H and O–H groups in total. The molecule has 2 amide bonds. The average molecular weight is 459 g/mol. The lowest BCUT2D eigenvalue weighted by molar-refractivity contribution is -0.120. The molecule has 0 bridgehead atoms. The zero-order chi connectivity index (χ0) is 24.1. The summed E-state index contributed by atoms with van der Waals surface area (Å²) in [5, 5.41) is 5.49. The van der Waals surface area contributed by atoms with E-state index in [1.165, 1.54) is 12.1 Å². The van der Waals surface area contributed by atoms with Gasteiger partial charge in [0.1, 0.15) is 5.82 Å². The minimum atomic E-state index is -0.450. The molecule has 2 unspecified atom stereocenters. The van der Waals surface area contributed by atoms with E-state index < -0.39 is 5.82 Å². The summed E-state index contributed by atoms with van der Waals surface area (Å²) in [4.78, 5) is 27.3. The number of carbonyl (C=O) groups is 2. The molecule has 3 aromatic rings. The molecule has 0 radical (unpaired) electrons. The number of hydrogen-bond acceptors (Lipinski definition) is 4. The normalized spacial score (nSPS) is 18.2. The molecular weight excluding hydrogens is 431 g/mol. The van der Waals surface area contributed by atoms with E-state index in [2.05, 4.69) is 15.5 Å². The van der Waals surface area contributed by atoms with Crippen LogP contribution < -0.4 is 16.4 Å². The maximum atomic E-state index is 14.0. The number of hydrogen-bond donors (Lipinski definition) is 3. The van der Waals surface area contributed by atoms with Crippen LogP contribution in [0.4, 0.5) is 21.5 Å². The summed E-state index contributed by atoms with van der Waals surface area (Å²) in [5.41, 5.74) is 9.00. The highest BCUT2D eigenvalue weighted by molar-refractivity contribution is 6.03. The first-order valence-corrected chi connectivity index (χ1v) is 11.1. The summed E-state index contributed by atoms with van der Waals surface area (Å²) in [5.74, 6) is -1.23. The Kier molecular flexibility index (Phi) is 7.04. The molecular formula is C27H27FN4O2. The first-order chi connectivity index (χ1) is 16.4. The number of nitrogens with one attached hydrogen (secondary N) is 2. The van der Waals surface area contributed by atoms with E-state index in [9.17, 15) is 14.0 Å². The topological polar surface area (TPSA) is 87.5 Å². The van der Waals surface area contributed by atoms with Gasteiger partial charge in [-0.15, -0.1) is 0 Å². The lowest BCUT2D eigenvalue weighted by Crippen LogP contribution is -2.28. The van der Waals surface area contributed by atoms with Gasteiger partial charge >= 0.3 is 0 Å². The number of para-hydroxylation sites is 3. The van der Waals surface area contributed by atoms with Crippen LogP contribution in [-0.4, -0.2) is 36.9 Å². The van der Waals surface area contributed by atoms with Gasteiger partial charge < -0.3 is 21.3 Å². The Hall–Kier alpha value is -3.97. The molecule has 7 heteroatoms. The van der Waals surface area contributed by atoms with Crippen LogP contribution in [0, 0.1) is 11.7 Å². The monoisotopic (exact) mass is 458 g/mol. The fourth-order valence-corrected chi connectivity index (χ4v) is 4.20. The third-order valence-electron chi connectivity index (χ3n) is 5.98. The molecule has 0 spiro atoms. The molecule has 1 aliphatic rings. The number of nitrogen functional groups attached to an aromatic ring is 1. The minimum Gasteiger partial charge on any atom is -0.397 e. The van der Waals surface area contributed by atoms with Crippen LogP contribution in [0.2, 0.25) is 0 Å². The number of benzene rings is 3. The maximum Gasteiger partial charge on any atom is 0.248 e. The molecule has 2 atom stereocenters. The van der Waals surface area contributed by atoms with Crippen LogP contribution >= 0.6 is 0 Å². The molecule has 4 rings (SSSR count). The fourth-order valence-electron chi connectivity index (χ4n) is 4.20. The van der Waals surface area contributed by atoms with E-state index in [0.29, 0.717) is 17.9 Å². The Labute approximate surface area is 198 Å². The first-order valence-electron chi connectivity index (χ1n) is 11.1. The average Bonchev–Trinajstić information content (AvgIpc) is 3.23. The molecule has 0 aromatic heterocycles. The van der Waals surface area contributed by atoms with E-state index >= 15 is 0 Å². The Morgan fingerprint density at radius 1 is 0.941 bits per heavy atom. The first kappa shape index (κ1) is 23.2. The van der Waals surface area contributed by atoms with Gasteiger partial charge in [-0.25, -0.2) is 4.39 Å². The SMILES string of the molecule is CN1CC(C(=O)Nc2ccccc2F)C(c2ccc(C=CC(=O)Nc3ccccc3N)cc2)C1. The molecule has 174 valence electrons. The largest absolute Gasteiger partial charge is 0.397 e. The van der Waals surface area contributed by atoms with Crippen molar-refractivity contribution >= 4 is 35.0 Å². The second-order valence-corrected chi connectivity index (χ2v) is 8.48. The van der Waals surface area contributed by atoms with Crippen molar-refractivity contribution in [3.63, 3.8) is 0 Å². The van der Waals surface area contributed by atoms with Crippen molar-refractivity contribution in [2.45, 2.75) is 5.92 Å². The van der Waals surface area contributed by atoms with Gasteiger partial charge in [0.15, 0.2) is 0 Å². The van der Waals surface area contributed by atoms with E-state index in [1.807, 2.05) is 31.3 Å². The summed E-state index contributed by atoms with van der Waals surface area (Å²) < 4.78 is 14.0. The molecule has 6 nitrogen and oxygen atoms in total. The lowest BCUT2D eigenvalue weighted by atomic mass is 9.88. The number of rotatable bonds is 6. The standard InChI is InChI=1S/C27H27FN4O2/c1-32-16-20(21(17-32)27(34)31-24-8-4-2-6-22(24)28)19-13-10-18(11-14-19)12-15-26(33)30-25-9-5-3-7-23(25)29/h2-15,20-21H,16-17,29H2,1H3,(H,30,33)(H,31,34). The van der Waals surface area contributed by atoms with Crippen LogP contribution in [-0.2, 0) is 9.59 Å². The summed E-state index contributed by atoms with van der Waals surface area (Å²) >= 11 is 0. The third kappa shape index (κ3) is 5.50. The fraction of sp³-hybridized carbons (Fsp3) is 0.185. The van der Waals surface area contributed by atoms with Crippen LogP contribution in [0.5, 0.6) is 0 Å². The minimum absolute atomic E-state index is 0.0147. The van der Waals surface area contributed by atoms with E-state index in [0.717, 1.165) is 17.7 Å². The van der Waals surface area contributed by atoms with Crippen LogP contribution in [0.25, 0.3) is 6.08 Å². The Morgan fingerprint density at radius 2 is 1.62 bits per heavy atom. The summed E-state index contributed by atoms with van der Waals surface area (Å²) in [6, 6.07) is 21.0. The van der Waals surface area contributed by atoms with Gasteiger partial charge in [-0.1, -0.05) is 48.5 Å². The molecule has 1 aliphatic heterocycles. The quantitative estimate of drug-likeness (QED) is 0.379. The highest BCUT2D eigenvalue weighted by Crippen LogP contribution is 2.33. The van der Waals surface area contributed by atoms with Gasteiger partial charge in [-0.2, -0.15) is 0 Å². The third-order valence-corrected chi connectivity index (χ3v) is 5.98. The van der Waals surface area contributed by atoms with E-state index in [4.69, 9.17) is 5.73 Å². The lowest BCUT2D eigenvalue weighted by Gasteiger charge is -2.19. The summed E-state index contributed by atoms with van der Waals surface area (Å²) in [6.45, 7) is 1.32. The smallest absolute Gasteiger partial charge is 0.248 e. The molecule has 1 fully saturated rings. The van der Waals surface area contributed by atoms with Crippen molar-refractivity contribution in [3.8, 4) is 0 Å². The van der Waals surface area contributed by atoms with Crippen molar-refractivity contribution in [1.29, 1.82) is 0 Å². The highest BCUT2D eigenvalue weighted by atomic mass is 19.1. The maximum absolute atomic E-state index is 14.0. The highest BCUT2D eigenvalue weighted by Gasteiger charge is 2.37. The number of carbonyl (C=O) groups excluding carboxylic acids is 2. The van der Waals surface area contributed by atoms with Crippen molar-refractivity contribution in [3.05, 3.63) is 95.8 Å². The second kappa shape index (κ2) is 10.3. The summed E-state index contributed by atoms with van der Waals surface area (Å²) in [6.07, 6.45) is 3.18. The van der Waals surface area contributed by atoms with E-state index in [1.54, 1.807) is 48.5 Å². The number of amides is 2. The zero-order valence-corrected chi connectivity index (χ0v) is 18.9. The van der Waals surface area contributed by atoms with Crippen LogP contribution in [0.1, 0.15) is 17.0 Å². The van der Waals surface area contributed by atoms with Crippen molar-refractivity contribution in [2.24, 2.45) is 5.92 Å². The van der Waals surface area contributed by atoms with Gasteiger partial charge in [-0.3, -0.25) is 9.59 Å². The molecule has 0 saturated carbocycles. The predicted octanol–water partition coefficient (Wildman–Crippen LogP) is 4.34. The van der Waals surface area contributed by atoms with Crippen molar-refractivity contribution < 1.29 is 14.0 Å². The number of anilines is 3. The van der Waals surface area contributed by atoms with Gasteiger partial charge in [0.05, 0.1) is 23.0 Å². The number of nitrogens with zero attached hydrogens (tertiary/aromatic N) is 1. The Balaban J connectivity index is 1.42. The van der Waals surface area contributed by atoms with E-state index in [-0.39, 0.29) is 29.3 Å². The van der Waals surface area contributed by atoms with Crippen LogP contribution in [0.15, 0.2) is 78.9 Å². The second-order valence-electron chi connectivity index (χ2n) is 8.48. The van der Waals surface area contributed by atoms with Gasteiger partial charge in [0.2, 0.25) is 11.8 Å². The molecule has 1 saturated heterocycles. The van der Waals surface area contributed by atoms with Gasteiger partial charge in [-0.05, 0) is 48.5 Å². The molecule has 1 heterocycles. The number of nitrogens with two attached hydrogens (primary N) is 1. The Bertz CT molecular complexity index is 1210. The van der Waals surface area contributed by atoms with Gasteiger partial charge in [0, 0.05) is 25.1 Å². The van der Waals surface area contributed by atoms with Crippen molar-refractivity contribution in [1.82, 2.24) is 4.90 Å². The summed E-state index contributed by atoms with van der Waals surface area (Å²) in [7, 11) is 1.97. The zero-order valence-electron chi connectivity index (χ0n) is 18.9.